The van der Waals surface area contributed by atoms with Crippen molar-refractivity contribution < 1.29 is 13.2 Å². The van der Waals surface area contributed by atoms with Crippen molar-refractivity contribution in [1.29, 1.82) is 0 Å². The number of hydrogen-bond donors (Lipinski definition) is 2. The molecule has 0 unspecified atom stereocenters. The van der Waals surface area contributed by atoms with Crippen molar-refractivity contribution in [3.63, 3.8) is 0 Å². The highest BCUT2D eigenvalue weighted by molar-refractivity contribution is 7.90. The molecular formula is C20H34N4O3S. The average molecular weight is 411 g/mol. The fourth-order valence-electron chi connectivity index (χ4n) is 3.35. The summed E-state index contributed by atoms with van der Waals surface area (Å²) in [7, 11) is 0.398. The van der Waals surface area contributed by atoms with E-state index in [1.807, 2.05) is 12.1 Å². The molecule has 2 rings (SSSR count). The van der Waals surface area contributed by atoms with E-state index in [0.29, 0.717) is 10.9 Å². The van der Waals surface area contributed by atoms with Gasteiger partial charge in [0.05, 0.1) is 4.90 Å². The standard InChI is InChI=1S/C20H34N4O3S/c1-21-20(23-18-10-14-24(15-11-18)13-4-16-27-2)22-12-9-17-5-7-19(8-6-17)28(3,25)26/h5-8,18H,4,9-16H2,1-3H3,(H2,21,22,23). The minimum atomic E-state index is -3.14. The zero-order chi connectivity index (χ0) is 20.4. The summed E-state index contributed by atoms with van der Waals surface area (Å²) in [6, 6.07) is 7.51. The second-order valence-corrected chi connectivity index (χ2v) is 9.29. The van der Waals surface area contributed by atoms with Crippen molar-refractivity contribution in [2.75, 3.05) is 53.2 Å². The first kappa shape index (κ1) is 22.6. The Morgan fingerprint density at radius 1 is 1.25 bits per heavy atom. The largest absolute Gasteiger partial charge is 0.385 e. The number of piperidine rings is 1. The molecule has 1 aliphatic rings. The van der Waals surface area contributed by atoms with E-state index in [1.165, 1.54) is 6.26 Å². The van der Waals surface area contributed by atoms with Crippen molar-refractivity contribution in [2.45, 2.75) is 36.6 Å². The molecule has 1 heterocycles. The van der Waals surface area contributed by atoms with Crippen molar-refractivity contribution in [3.05, 3.63) is 29.8 Å². The van der Waals surface area contributed by atoms with E-state index >= 15 is 0 Å². The lowest BCUT2D eigenvalue weighted by Gasteiger charge is -2.33. The lowest BCUT2D eigenvalue weighted by atomic mass is 10.1. The molecule has 0 radical (unpaired) electrons. The first-order valence-electron chi connectivity index (χ1n) is 9.90. The molecule has 1 saturated heterocycles. The van der Waals surface area contributed by atoms with E-state index in [0.717, 1.165) is 70.0 Å². The van der Waals surface area contributed by atoms with Gasteiger partial charge in [-0.3, -0.25) is 4.99 Å². The molecule has 158 valence electrons. The van der Waals surface area contributed by atoms with Gasteiger partial charge in [0.25, 0.3) is 0 Å². The summed E-state index contributed by atoms with van der Waals surface area (Å²) in [4.78, 5) is 7.17. The molecule has 0 aromatic heterocycles. The van der Waals surface area contributed by atoms with Gasteiger partial charge in [-0.05, 0) is 43.4 Å². The minimum Gasteiger partial charge on any atom is -0.385 e. The van der Waals surface area contributed by atoms with Gasteiger partial charge in [0.15, 0.2) is 15.8 Å². The first-order chi connectivity index (χ1) is 13.4. The maximum absolute atomic E-state index is 11.5. The highest BCUT2D eigenvalue weighted by atomic mass is 32.2. The predicted molar refractivity (Wildman–Crippen MR) is 114 cm³/mol. The Hall–Kier alpha value is -1.64. The number of hydrogen-bond acceptors (Lipinski definition) is 5. The van der Waals surface area contributed by atoms with Gasteiger partial charge < -0.3 is 20.3 Å². The second kappa shape index (κ2) is 11.4. The van der Waals surface area contributed by atoms with E-state index in [-0.39, 0.29) is 0 Å². The first-order valence-corrected chi connectivity index (χ1v) is 11.8. The molecule has 0 saturated carbocycles. The van der Waals surface area contributed by atoms with Crippen LogP contribution in [-0.2, 0) is 21.0 Å². The summed E-state index contributed by atoms with van der Waals surface area (Å²) in [5.41, 5.74) is 1.10. The van der Waals surface area contributed by atoms with Gasteiger partial charge >= 0.3 is 0 Å². The molecule has 1 fully saturated rings. The van der Waals surface area contributed by atoms with E-state index in [1.54, 1.807) is 26.3 Å². The number of likely N-dealkylation sites (tertiary alicyclic amines) is 1. The number of guanidine groups is 1. The van der Waals surface area contributed by atoms with Gasteiger partial charge in [0.1, 0.15) is 0 Å². The fraction of sp³-hybridized carbons (Fsp3) is 0.650. The molecule has 2 N–H and O–H groups in total. The molecule has 0 spiro atoms. The Bertz CT molecular complexity index is 711. The molecule has 0 aliphatic carbocycles. The van der Waals surface area contributed by atoms with Crippen LogP contribution in [0.5, 0.6) is 0 Å². The topological polar surface area (TPSA) is 83.0 Å². The molecule has 0 atom stereocenters. The molecule has 0 bridgehead atoms. The molecule has 1 aromatic carbocycles. The average Bonchev–Trinajstić information content (AvgIpc) is 2.68. The highest BCUT2D eigenvalue weighted by Crippen LogP contribution is 2.11. The summed E-state index contributed by atoms with van der Waals surface area (Å²) in [5, 5.41) is 6.87. The molecule has 1 aliphatic heterocycles. The lowest BCUT2D eigenvalue weighted by Crippen LogP contribution is -2.49. The van der Waals surface area contributed by atoms with Crippen molar-refractivity contribution in [2.24, 2.45) is 4.99 Å². The molecule has 1 aromatic rings. The van der Waals surface area contributed by atoms with Crippen LogP contribution in [0.1, 0.15) is 24.8 Å². The predicted octanol–water partition coefficient (Wildman–Crippen LogP) is 1.30. The summed E-state index contributed by atoms with van der Waals surface area (Å²) >= 11 is 0. The van der Waals surface area contributed by atoms with E-state index in [4.69, 9.17) is 4.74 Å². The van der Waals surface area contributed by atoms with Crippen LogP contribution in [0.15, 0.2) is 34.2 Å². The van der Waals surface area contributed by atoms with Crippen molar-refractivity contribution in [1.82, 2.24) is 15.5 Å². The van der Waals surface area contributed by atoms with Gasteiger partial charge in [-0.15, -0.1) is 0 Å². The van der Waals surface area contributed by atoms with E-state index in [9.17, 15) is 8.42 Å². The zero-order valence-corrected chi connectivity index (χ0v) is 18.1. The maximum Gasteiger partial charge on any atom is 0.191 e. The Morgan fingerprint density at radius 2 is 1.93 bits per heavy atom. The summed E-state index contributed by atoms with van der Waals surface area (Å²) in [5.74, 6) is 0.825. The van der Waals surface area contributed by atoms with Gasteiger partial charge in [-0.25, -0.2) is 8.42 Å². The number of rotatable bonds is 9. The Kier molecular flexibility index (Phi) is 9.21. The zero-order valence-electron chi connectivity index (χ0n) is 17.3. The smallest absolute Gasteiger partial charge is 0.191 e. The van der Waals surface area contributed by atoms with Crippen LogP contribution in [-0.4, -0.2) is 78.5 Å². The third-order valence-electron chi connectivity index (χ3n) is 5.03. The Morgan fingerprint density at radius 3 is 2.50 bits per heavy atom. The van der Waals surface area contributed by atoms with Gasteiger partial charge in [-0.1, -0.05) is 12.1 Å². The van der Waals surface area contributed by atoms with Gasteiger partial charge in [0, 0.05) is 59.2 Å². The number of nitrogens with one attached hydrogen (secondary N) is 2. The number of methoxy groups -OCH3 is 1. The summed E-state index contributed by atoms with van der Waals surface area (Å²) in [6.45, 7) is 4.88. The summed E-state index contributed by atoms with van der Waals surface area (Å²) < 4.78 is 28.2. The van der Waals surface area contributed by atoms with Crippen LogP contribution in [0.3, 0.4) is 0 Å². The lowest BCUT2D eigenvalue weighted by molar-refractivity contribution is 0.155. The maximum atomic E-state index is 11.5. The number of nitrogens with zero attached hydrogens (tertiary/aromatic N) is 2. The molecule has 0 amide bonds. The van der Waals surface area contributed by atoms with Crippen LogP contribution in [0, 0.1) is 0 Å². The fourth-order valence-corrected chi connectivity index (χ4v) is 3.98. The summed E-state index contributed by atoms with van der Waals surface area (Å²) in [6.07, 6.45) is 5.34. The number of aliphatic imine (C=N–C) groups is 1. The van der Waals surface area contributed by atoms with E-state index < -0.39 is 9.84 Å². The van der Waals surface area contributed by atoms with Gasteiger partial charge in [-0.2, -0.15) is 0 Å². The van der Waals surface area contributed by atoms with Crippen LogP contribution in [0.25, 0.3) is 0 Å². The molecule has 28 heavy (non-hydrogen) atoms. The second-order valence-electron chi connectivity index (χ2n) is 7.27. The molecule has 8 heteroatoms. The quantitative estimate of drug-likeness (QED) is 0.363. The number of ether oxygens (including phenoxy) is 1. The minimum absolute atomic E-state index is 0.357. The third-order valence-corrected chi connectivity index (χ3v) is 6.16. The van der Waals surface area contributed by atoms with Crippen LogP contribution in [0.2, 0.25) is 0 Å². The number of sulfone groups is 1. The monoisotopic (exact) mass is 410 g/mol. The molecule has 7 nitrogen and oxygen atoms in total. The van der Waals surface area contributed by atoms with Crippen LogP contribution in [0.4, 0.5) is 0 Å². The molecular weight excluding hydrogens is 376 g/mol. The van der Waals surface area contributed by atoms with Crippen molar-refractivity contribution in [3.8, 4) is 0 Å². The van der Waals surface area contributed by atoms with Crippen LogP contribution >= 0.6 is 0 Å². The number of benzene rings is 1. The normalized spacial score (nSPS) is 16.9. The van der Waals surface area contributed by atoms with Gasteiger partial charge in [0.2, 0.25) is 0 Å². The Balaban J connectivity index is 1.69. The van der Waals surface area contributed by atoms with E-state index in [2.05, 4.69) is 20.5 Å². The highest BCUT2D eigenvalue weighted by Gasteiger charge is 2.19. The Labute approximate surface area is 169 Å². The third kappa shape index (κ3) is 7.77. The SMILES string of the molecule is CN=C(NCCc1ccc(S(C)(=O)=O)cc1)NC1CCN(CCCOC)CC1. The van der Waals surface area contributed by atoms with Crippen LogP contribution < -0.4 is 10.6 Å². The van der Waals surface area contributed by atoms with Crippen molar-refractivity contribution >= 4 is 15.8 Å².